The van der Waals surface area contributed by atoms with Gasteiger partial charge in [-0.15, -0.1) is 12.4 Å². The second-order valence-corrected chi connectivity index (χ2v) is 4.53. The standard InChI is InChI=1S/C11H21N3O2.ClH/c1-13(2)10(15)8-14(3)11(16)9-5-4-6-12-7-9;/h9,12H,4-8H2,1-3H3;1H. The van der Waals surface area contributed by atoms with Gasteiger partial charge in [0.2, 0.25) is 11.8 Å². The van der Waals surface area contributed by atoms with Crippen molar-refractivity contribution in [2.75, 3.05) is 40.8 Å². The lowest BCUT2D eigenvalue weighted by Crippen LogP contribution is -2.44. The summed E-state index contributed by atoms with van der Waals surface area (Å²) in [6.07, 6.45) is 1.96. The molecule has 100 valence electrons. The largest absolute Gasteiger partial charge is 0.347 e. The Morgan fingerprint density at radius 1 is 1.29 bits per heavy atom. The smallest absolute Gasteiger partial charge is 0.241 e. The molecule has 6 heteroatoms. The monoisotopic (exact) mass is 263 g/mol. The number of halogens is 1. The SMILES string of the molecule is CN(C)C(=O)CN(C)C(=O)C1CCCNC1.Cl. The Kier molecular flexibility index (Phi) is 7.15. The minimum absolute atomic E-state index is 0. The predicted octanol–water partition coefficient (Wildman–Crippen LogP) is -0.0456. The molecule has 2 amide bonds. The molecule has 0 aromatic heterocycles. The van der Waals surface area contributed by atoms with Crippen LogP contribution in [0.5, 0.6) is 0 Å². The number of carbonyl (C=O) groups is 2. The zero-order valence-electron chi connectivity index (χ0n) is 10.7. The molecule has 0 aromatic rings. The second kappa shape index (κ2) is 7.50. The highest BCUT2D eigenvalue weighted by Gasteiger charge is 2.25. The number of carbonyl (C=O) groups excluding carboxylic acids is 2. The van der Waals surface area contributed by atoms with E-state index in [4.69, 9.17) is 0 Å². The number of piperidine rings is 1. The second-order valence-electron chi connectivity index (χ2n) is 4.53. The summed E-state index contributed by atoms with van der Waals surface area (Å²) in [6, 6.07) is 0. The Morgan fingerprint density at radius 2 is 1.94 bits per heavy atom. The van der Waals surface area contributed by atoms with Gasteiger partial charge < -0.3 is 15.1 Å². The summed E-state index contributed by atoms with van der Waals surface area (Å²) in [5, 5.41) is 3.20. The van der Waals surface area contributed by atoms with E-state index in [9.17, 15) is 9.59 Å². The van der Waals surface area contributed by atoms with E-state index in [1.54, 1.807) is 21.1 Å². The number of nitrogens with zero attached hydrogens (tertiary/aromatic N) is 2. The van der Waals surface area contributed by atoms with Crippen LogP contribution in [0.1, 0.15) is 12.8 Å². The minimum Gasteiger partial charge on any atom is -0.347 e. The molecule has 17 heavy (non-hydrogen) atoms. The van der Waals surface area contributed by atoms with E-state index in [0.717, 1.165) is 25.9 Å². The summed E-state index contributed by atoms with van der Waals surface area (Å²) in [7, 11) is 5.09. The fourth-order valence-electron chi connectivity index (χ4n) is 1.80. The fourth-order valence-corrected chi connectivity index (χ4v) is 1.80. The first-order chi connectivity index (χ1) is 7.52. The van der Waals surface area contributed by atoms with Crippen molar-refractivity contribution < 1.29 is 9.59 Å². The molecule has 1 aliphatic rings. The van der Waals surface area contributed by atoms with Gasteiger partial charge in [0, 0.05) is 27.7 Å². The maximum Gasteiger partial charge on any atom is 0.241 e. The van der Waals surface area contributed by atoms with E-state index in [1.165, 1.54) is 9.80 Å². The molecular formula is C11H22ClN3O2. The van der Waals surface area contributed by atoms with E-state index >= 15 is 0 Å². The molecule has 1 heterocycles. The Bertz CT molecular complexity index is 265. The summed E-state index contributed by atoms with van der Waals surface area (Å²) in [6.45, 7) is 1.89. The highest BCUT2D eigenvalue weighted by atomic mass is 35.5. The number of hydrogen-bond donors (Lipinski definition) is 1. The van der Waals surface area contributed by atoms with Gasteiger partial charge in [0.05, 0.1) is 12.5 Å². The third-order valence-corrected chi connectivity index (χ3v) is 2.89. The van der Waals surface area contributed by atoms with E-state index < -0.39 is 0 Å². The Balaban J connectivity index is 0.00000256. The van der Waals surface area contributed by atoms with E-state index in [-0.39, 0.29) is 36.7 Å². The molecule has 1 saturated heterocycles. The molecule has 0 bridgehead atoms. The molecule has 0 saturated carbocycles. The van der Waals surface area contributed by atoms with Gasteiger partial charge in [0.1, 0.15) is 0 Å². The number of hydrogen-bond acceptors (Lipinski definition) is 3. The Labute approximate surface area is 109 Å². The van der Waals surface area contributed by atoms with Crippen LogP contribution in [0, 0.1) is 5.92 Å². The predicted molar refractivity (Wildman–Crippen MR) is 69.2 cm³/mol. The lowest BCUT2D eigenvalue weighted by Gasteiger charge is -2.27. The average Bonchev–Trinajstić information content (AvgIpc) is 2.28. The molecule has 0 aliphatic carbocycles. The maximum absolute atomic E-state index is 12.0. The van der Waals surface area contributed by atoms with Crippen molar-refractivity contribution >= 4 is 24.2 Å². The van der Waals surface area contributed by atoms with Gasteiger partial charge in [-0.1, -0.05) is 0 Å². The lowest BCUT2D eigenvalue weighted by atomic mass is 9.98. The highest BCUT2D eigenvalue weighted by Crippen LogP contribution is 2.12. The highest BCUT2D eigenvalue weighted by molar-refractivity contribution is 5.86. The quantitative estimate of drug-likeness (QED) is 0.777. The van der Waals surface area contributed by atoms with Crippen LogP contribution in [-0.2, 0) is 9.59 Å². The van der Waals surface area contributed by atoms with Gasteiger partial charge >= 0.3 is 0 Å². The molecule has 5 nitrogen and oxygen atoms in total. The van der Waals surface area contributed by atoms with Crippen molar-refractivity contribution in [2.24, 2.45) is 5.92 Å². The molecule has 0 radical (unpaired) electrons. The zero-order valence-corrected chi connectivity index (χ0v) is 11.5. The summed E-state index contributed by atoms with van der Waals surface area (Å²) in [5.74, 6) is 0.0655. The number of likely N-dealkylation sites (N-methyl/N-ethyl adjacent to an activating group) is 2. The van der Waals surface area contributed by atoms with Crippen molar-refractivity contribution in [3.63, 3.8) is 0 Å². The first-order valence-corrected chi connectivity index (χ1v) is 5.68. The summed E-state index contributed by atoms with van der Waals surface area (Å²) >= 11 is 0. The minimum atomic E-state index is -0.0420. The van der Waals surface area contributed by atoms with Crippen molar-refractivity contribution in [3.05, 3.63) is 0 Å². The maximum atomic E-state index is 12.0. The molecule has 1 N–H and O–H groups in total. The zero-order chi connectivity index (χ0) is 12.1. The van der Waals surface area contributed by atoms with Crippen molar-refractivity contribution in [1.29, 1.82) is 0 Å². The van der Waals surface area contributed by atoms with Crippen LogP contribution in [0.25, 0.3) is 0 Å². The van der Waals surface area contributed by atoms with Gasteiger partial charge in [-0.25, -0.2) is 0 Å². The first-order valence-electron chi connectivity index (χ1n) is 5.68. The first kappa shape index (κ1) is 16.2. The molecule has 0 aromatic carbocycles. The van der Waals surface area contributed by atoms with Crippen molar-refractivity contribution in [2.45, 2.75) is 12.8 Å². The Hall–Kier alpha value is -0.810. The van der Waals surface area contributed by atoms with Crippen LogP contribution in [0.3, 0.4) is 0 Å². The molecule has 1 aliphatic heterocycles. The van der Waals surface area contributed by atoms with E-state index in [0.29, 0.717) is 0 Å². The van der Waals surface area contributed by atoms with Crippen LogP contribution in [-0.4, -0.2) is 62.4 Å². The third kappa shape index (κ3) is 4.91. The average molecular weight is 264 g/mol. The van der Waals surface area contributed by atoms with Gasteiger partial charge in [-0.05, 0) is 19.4 Å². The van der Waals surface area contributed by atoms with E-state index in [2.05, 4.69) is 5.32 Å². The van der Waals surface area contributed by atoms with Gasteiger partial charge in [-0.2, -0.15) is 0 Å². The third-order valence-electron chi connectivity index (χ3n) is 2.89. The topological polar surface area (TPSA) is 52.7 Å². The molecule has 1 unspecified atom stereocenters. The van der Waals surface area contributed by atoms with Crippen molar-refractivity contribution in [3.8, 4) is 0 Å². The number of amides is 2. The fraction of sp³-hybridized carbons (Fsp3) is 0.818. The van der Waals surface area contributed by atoms with Crippen LogP contribution in [0.15, 0.2) is 0 Å². The number of nitrogens with one attached hydrogen (secondary N) is 1. The van der Waals surface area contributed by atoms with Gasteiger partial charge in [0.25, 0.3) is 0 Å². The van der Waals surface area contributed by atoms with Gasteiger partial charge in [0.15, 0.2) is 0 Å². The van der Waals surface area contributed by atoms with Crippen molar-refractivity contribution in [1.82, 2.24) is 15.1 Å². The number of rotatable bonds is 3. The summed E-state index contributed by atoms with van der Waals surface area (Å²) in [4.78, 5) is 26.5. The van der Waals surface area contributed by atoms with Crippen LogP contribution < -0.4 is 5.32 Å². The van der Waals surface area contributed by atoms with E-state index in [1.807, 2.05) is 0 Å². The molecule has 0 spiro atoms. The molecular weight excluding hydrogens is 242 g/mol. The summed E-state index contributed by atoms with van der Waals surface area (Å²) in [5.41, 5.74) is 0. The van der Waals surface area contributed by atoms with Crippen LogP contribution >= 0.6 is 12.4 Å². The van der Waals surface area contributed by atoms with Crippen LogP contribution in [0.2, 0.25) is 0 Å². The molecule has 1 atom stereocenters. The Morgan fingerprint density at radius 3 is 2.41 bits per heavy atom. The lowest BCUT2D eigenvalue weighted by molar-refractivity contribution is -0.140. The van der Waals surface area contributed by atoms with Gasteiger partial charge in [-0.3, -0.25) is 9.59 Å². The van der Waals surface area contributed by atoms with Crippen LogP contribution in [0.4, 0.5) is 0 Å². The molecule has 1 fully saturated rings. The normalized spacial score (nSPS) is 19.1. The molecule has 1 rings (SSSR count). The summed E-state index contributed by atoms with van der Waals surface area (Å²) < 4.78 is 0.